The summed E-state index contributed by atoms with van der Waals surface area (Å²) < 4.78 is 38.2. The Balaban J connectivity index is 2.79. The van der Waals surface area contributed by atoms with Crippen LogP contribution in [-0.2, 0) is 75.1 Å². The van der Waals surface area contributed by atoms with E-state index in [4.69, 9.17) is 38.1 Å². The summed E-state index contributed by atoms with van der Waals surface area (Å²) in [6, 6.07) is 2.40. The largest absolute Gasteiger partial charge is 0.491 e. The molecule has 1 aromatic heterocycles. The quantitative estimate of drug-likeness (QED) is 0.0312. The van der Waals surface area contributed by atoms with Crippen LogP contribution in [0.15, 0.2) is 12.1 Å². The van der Waals surface area contributed by atoms with Crippen molar-refractivity contribution in [3.05, 3.63) is 23.5 Å². The lowest BCUT2D eigenvalue weighted by molar-refractivity contribution is -0.150. The van der Waals surface area contributed by atoms with Crippen molar-refractivity contribution in [1.82, 2.24) is 30.7 Å². The molecule has 0 radical (unpaired) electrons. The zero-order chi connectivity index (χ0) is 61.5. The summed E-state index contributed by atoms with van der Waals surface area (Å²) in [5.74, 6) is -2.50. The van der Waals surface area contributed by atoms with Gasteiger partial charge in [0.15, 0.2) is 0 Å². The van der Waals surface area contributed by atoms with Crippen LogP contribution in [0.2, 0.25) is 0 Å². The maximum absolute atomic E-state index is 13.4. The molecule has 0 aromatic carbocycles. The van der Waals surface area contributed by atoms with Crippen molar-refractivity contribution in [2.45, 2.75) is 240 Å². The van der Waals surface area contributed by atoms with Crippen molar-refractivity contribution >= 4 is 41.6 Å². The number of pyridine rings is 1. The molecular formula is C64H114N6O14. The zero-order valence-electron chi connectivity index (χ0n) is 53.1. The van der Waals surface area contributed by atoms with E-state index in [2.05, 4.69) is 29.8 Å². The SMILES string of the molecule is CCCCCCCCCCCCCCCC(=O)NCC(NC(=O)CCCCCCCCCCCCCCC)C(=O)NCCOCCOCCOc1cc(CN(CC(=O)OCC)CC(=O)OCC)nc(CN(CC(=O)OCC)CC(=O)OCC)c1. The number of nitrogens with one attached hydrogen (secondary N) is 3. The number of amides is 3. The monoisotopic (exact) mass is 1190 g/mol. The number of rotatable bonds is 58. The van der Waals surface area contributed by atoms with Gasteiger partial charge < -0.3 is 49.1 Å². The Morgan fingerprint density at radius 1 is 0.429 bits per heavy atom. The molecule has 3 N–H and O–H groups in total. The predicted molar refractivity (Wildman–Crippen MR) is 327 cm³/mol. The average Bonchev–Trinajstić information content (AvgIpc) is 3.66. The maximum atomic E-state index is 13.4. The second-order valence-electron chi connectivity index (χ2n) is 21.6. The Bertz CT molecular complexity index is 1770. The van der Waals surface area contributed by atoms with Gasteiger partial charge in [-0.15, -0.1) is 0 Å². The van der Waals surface area contributed by atoms with Crippen LogP contribution in [0.4, 0.5) is 0 Å². The molecular weight excluding hydrogens is 1080 g/mol. The van der Waals surface area contributed by atoms with Gasteiger partial charge >= 0.3 is 23.9 Å². The normalized spacial score (nSPS) is 11.6. The molecule has 484 valence electrons. The van der Waals surface area contributed by atoms with E-state index >= 15 is 0 Å². The van der Waals surface area contributed by atoms with Crippen LogP contribution in [0.25, 0.3) is 0 Å². The maximum Gasteiger partial charge on any atom is 0.320 e. The first-order valence-electron chi connectivity index (χ1n) is 32.6. The number of esters is 4. The van der Waals surface area contributed by atoms with Gasteiger partial charge in [0.25, 0.3) is 0 Å². The van der Waals surface area contributed by atoms with Crippen LogP contribution in [0, 0.1) is 0 Å². The highest BCUT2D eigenvalue weighted by molar-refractivity contribution is 5.88. The number of hydrogen-bond donors (Lipinski definition) is 3. The number of carbonyl (C=O) groups is 7. The number of unbranched alkanes of at least 4 members (excludes halogenated alkanes) is 24. The van der Waals surface area contributed by atoms with Crippen molar-refractivity contribution in [3.8, 4) is 5.75 Å². The average molecular weight is 1190 g/mol. The molecule has 0 fully saturated rings. The van der Waals surface area contributed by atoms with Crippen LogP contribution in [0.1, 0.15) is 233 Å². The lowest BCUT2D eigenvalue weighted by Gasteiger charge is -2.22. The molecule has 0 spiro atoms. The van der Waals surface area contributed by atoms with E-state index in [0.29, 0.717) is 30.0 Å². The first-order chi connectivity index (χ1) is 40.9. The second-order valence-corrected chi connectivity index (χ2v) is 21.6. The van der Waals surface area contributed by atoms with Gasteiger partial charge in [0.2, 0.25) is 17.7 Å². The minimum Gasteiger partial charge on any atom is -0.491 e. The summed E-state index contributed by atoms with van der Waals surface area (Å²) in [6.07, 6.45) is 32.3. The van der Waals surface area contributed by atoms with Crippen LogP contribution < -0.4 is 20.7 Å². The molecule has 1 heterocycles. The Hall–Kier alpha value is -4.92. The van der Waals surface area contributed by atoms with Crippen LogP contribution in [-0.4, -0.2) is 161 Å². The zero-order valence-corrected chi connectivity index (χ0v) is 53.1. The summed E-state index contributed by atoms with van der Waals surface area (Å²) >= 11 is 0. The predicted octanol–water partition coefficient (Wildman–Crippen LogP) is 10.0. The fourth-order valence-electron chi connectivity index (χ4n) is 9.51. The van der Waals surface area contributed by atoms with E-state index in [9.17, 15) is 33.6 Å². The van der Waals surface area contributed by atoms with E-state index in [1.807, 2.05) is 0 Å². The molecule has 84 heavy (non-hydrogen) atoms. The second kappa shape index (κ2) is 54.7. The van der Waals surface area contributed by atoms with Gasteiger partial charge in [0.1, 0.15) is 18.4 Å². The van der Waals surface area contributed by atoms with Gasteiger partial charge in [-0.05, 0) is 40.5 Å². The Morgan fingerprint density at radius 2 is 0.774 bits per heavy atom. The van der Waals surface area contributed by atoms with Crippen molar-refractivity contribution < 1.29 is 66.7 Å². The van der Waals surface area contributed by atoms with Gasteiger partial charge in [-0.1, -0.05) is 168 Å². The van der Waals surface area contributed by atoms with E-state index in [1.165, 1.54) is 138 Å². The topological polar surface area (TPSA) is 240 Å². The molecule has 1 atom stereocenters. The van der Waals surface area contributed by atoms with Gasteiger partial charge in [-0.2, -0.15) is 0 Å². The fraction of sp³-hybridized carbons (Fsp3) is 0.812. The summed E-state index contributed by atoms with van der Waals surface area (Å²) in [7, 11) is 0. The molecule has 0 bridgehead atoms. The van der Waals surface area contributed by atoms with Crippen LogP contribution >= 0.6 is 0 Å². The van der Waals surface area contributed by atoms with Gasteiger partial charge in [-0.3, -0.25) is 48.3 Å². The number of hydrogen-bond acceptors (Lipinski definition) is 17. The highest BCUT2D eigenvalue weighted by Crippen LogP contribution is 2.19. The molecule has 0 aliphatic heterocycles. The van der Waals surface area contributed by atoms with E-state index in [0.717, 1.165) is 38.5 Å². The highest BCUT2D eigenvalue weighted by atomic mass is 16.6. The van der Waals surface area contributed by atoms with Crippen molar-refractivity contribution in [1.29, 1.82) is 0 Å². The minimum atomic E-state index is -0.924. The summed E-state index contributed by atoms with van der Waals surface area (Å²) in [6.45, 7) is 12.2. The fourth-order valence-corrected chi connectivity index (χ4v) is 9.51. The van der Waals surface area contributed by atoms with Crippen LogP contribution in [0.3, 0.4) is 0 Å². The first kappa shape index (κ1) is 77.1. The molecule has 0 saturated heterocycles. The number of nitrogens with zero attached hydrogens (tertiary/aromatic N) is 3. The van der Waals surface area contributed by atoms with Crippen molar-refractivity contribution in [2.24, 2.45) is 0 Å². The Kier molecular flexibility index (Phi) is 50.2. The minimum absolute atomic E-state index is 0.000825. The Labute approximate surface area is 505 Å². The van der Waals surface area contributed by atoms with E-state index in [-0.39, 0.29) is 124 Å². The molecule has 20 heteroatoms. The van der Waals surface area contributed by atoms with Crippen LogP contribution in [0.5, 0.6) is 5.75 Å². The molecule has 0 aliphatic rings. The van der Waals surface area contributed by atoms with Gasteiger partial charge in [0.05, 0.1) is 90.4 Å². The van der Waals surface area contributed by atoms with E-state index in [1.54, 1.807) is 39.8 Å². The number of ether oxygens (including phenoxy) is 7. The number of carbonyl (C=O) groups excluding carboxylic acids is 7. The standard InChI is InChI=1S/C64H114N6O14/c1-7-13-15-17-19-21-23-25-27-29-31-33-35-37-58(71)66-47-57(68-59(72)38-36-34-32-30-28-26-24-22-20-18-16-14-8-2)64(77)65-39-40-78-41-42-79-43-44-84-56-45-54(48-69(50-60(73)80-9-3)51-61(74)81-10-4)67-55(46-56)49-70(52-62(75)82-11-5)53-63(76)83-12-6/h45-46,57H,7-44,47-53H2,1-6H3,(H,65,77)(H,66,71)(H,68,72). The highest BCUT2D eigenvalue weighted by Gasteiger charge is 2.23. The van der Waals surface area contributed by atoms with Crippen molar-refractivity contribution in [3.63, 3.8) is 0 Å². The molecule has 20 nitrogen and oxygen atoms in total. The molecule has 0 saturated carbocycles. The third kappa shape index (κ3) is 45.4. The summed E-state index contributed by atoms with van der Waals surface area (Å²) in [5, 5.41) is 8.62. The van der Waals surface area contributed by atoms with Crippen molar-refractivity contribution in [2.75, 3.05) is 98.7 Å². The third-order valence-electron chi connectivity index (χ3n) is 13.9. The molecule has 1 aromatic rings. The lowest BCUT2D eigenvalue weighted by Crippen LogP contribution is -2.53. The summed E-state index contributed by atoms with van der Waals surface area (Å²) in [5.41, 5.74) is 0.849. The third-order valence-corrected chi connectivity index (χ3v) is 13.9. The van der Waals surface area contributed by atoms with E-state index < -0.39 is 35.8 Å². The number of aromatic nitrogens is 1. The smallest absolute Gasteiger partial charge is 0.320 e. The Morgan fingerprint density at radius 3 is 1.15 bits per heavy atom. The molecule has 1 rings (SSSR count). The van der Waals surface area contributed by atoms with Gasteiger partial charge in [0, 0.05) is 51.2 Å². The molecule has 1 unspecified atom stereocenters. The molecule has 3 amide bonds. The molecule has 0 aliphatic carbocycles. The first-order valence-corrected chi connectivity index (χ1v) is 32.6. The lowest BCUT2D eigenvalue weighted by atomic mass is 10.0. The summed E-state index contributed by atoms with van der Waals surface area (Å²) in [4.78, 5) is 97.5. The van der Waals surface area contributed by atoms with Gasteiger partial charge in [-0.25, -0.2) is 0 Å².